The molecule has 1 aliphatic heterocycles. The van der Waals surface area contributed by atoms with E-state index in [1.165, 1.54) is 24.5 Å². The van der Waals surface area contributed by atoms with Crippen LogP contribution in [0.1, 0.15) is 28.5 Å². The summed E-state index contributed by atoms with van der Waals surface area (Å²) in [6.07, 6.45) is 3.69. The molecule has 10 heteroatoms. The number of benzene rings is 2. The zero-order valence-electron chi connectivity index (χ0n) is 19.1. The van der Waals surface area contributed by atoms with Gasteiger partial charge in [-0.15, -0.1) is 0 Å². The fraction of sp³-hybridized carbons (Fsp3) is 0.200. The van der Waals surface area contributed by atoms with Crippen molar-refractivity contribution in [3.63, 3.8) is 0 Å². The molecular weight excluding hydrogens is 464 g/mol. The SMILES string of the molecule is CCN1CCc2nc3ccccc3c(C(=O)Nc3ccc(S(=O)(=O)Nc4ncccn4)cc3)c2C1. The summed E-state index contributed by atoms with van der Waals surface area (Å²) in [5.74, 6) is -0.260. The van der Waals surface area contributed by atoms with Crippen LogP contribution in [0.2, 0.25) is 0 Å². The van der Waals surface area contributed by atoms with Crippen LogP contribution in [0.25, 0.3) is 10.9 Å². The Morgan fingerprint density at radius 3 is 2.51 bits per heavy atom. The first-order chi connectivity index (χ1) is 16.9. The summed E-state index contributed by atoms with van der Waals surface area (Å²) in [5.41, 5.74) is 3.79. The molecule has 0 aliphatic carbocycles. The van der Waals surface area contributed by atoms with Gasteiger partial charge >= 0.3 is 0 Å². The highest BCUT2D eigenvalue weighted by molar-refractivity contribution is 7.92. The van der Waals surface area contributed by atoms with E-state index in [9.17, 15) is 13.2 Å². The molecule has 35 heavy (non-hydrogen) atoms. The summed E-state index contributed by atoms with van der Waals surface area (Å²) in [6.45, 7) is 4.57. The summed E-state index contributed by atoms with van der Waals surface area (Å²) in [6, 6.07) is 15.2. The van der Waals surface area contributed by atoms with Gasteiger partial charge in [0, 0.05) is 54.2 Å². The quantitative estimate of drug-likeness (QED) is 0.427. The largest absolute Gasteiger partial charge is 0.322 e. The van der Waals surface area contributed by atoms with Crippen molar-refractivity contribution < 1.29 is 13.2 Å². The van der Waals surface area contributed by atoms with E-state index in [1.807, 2.05) is 24.3 Å². The van der Waals surface area contributed by atoms with Crippen molar-refractivity contribution in [1.29, 1.82) is 0 Å². The van der Waals surface area contributed by atoms with Gasteiger partial charge in [0.2, 0.25) is 5.95 Å². The van der Waals surface area contributed by atoms with Gasteiger partial charge in [-0.1, -0.05) is 25.1 Å². The zero-order valence-corrected chi connectivity index (χ0v) is 19.9. The molecule has 0 fully saturated rings. The first kappa shape index (κ1) is 22.9. The molecule has 3 heterocycles. The number of fused-ring (bicyclic) bond motifs is 2. The second kappa shape index (κ2) is 9.40. The van der Waals surface area contributed by atoms with Crippen molar-refractivity contribution in [2.24, 2.45) is 0 Å². The van der Waals surface area contributed by atoms with Crippen LogP contribution < -0.4 is 10.0 Å². The van der Waals surface area contributed by atoms with Gasteiger partial charge in [-0.3, -0.25) is 14.7 Å². The molecular formula is C25H24N6O3S. The van der Waals surface area contributed by atoms with E-state index in [0.29, 0.717) is 17.8 Å². The van der Waals surface area contributed by atoms with E-state index < -0.39 is 10.0 Å². The topological polar surface area (TPSA) is 117 Å². The molecule has 5 rings (SSSR count). The number of hydrogen-bond donors (Lipinski definition) is 2. The molecule has 0 saturated carbocycles. The summed E-state index contributed by atoms with van der Waals surface area (Å²) in [4.78, 5) is 28.4. The smallest absolute Gasteiger partial charge is 0.264 e. The molecule has 1 amide bonds. The monoisotopic (exact) mass is 488 g/mol. The minimum absolute atomic E-state index is 0.0136. The molecule has 2 aromatic carbocycles. The number of nitrogens with zero attached hydrogens (tertiary/aromatic N) is 4. The number of nitrogens with one attached hydrogen (secondary N) is 2. The lowest BCUT2D eigenvalue weighted by Crippen LogP contribution is -2.33. The molecule has 2 aromatic heterocycles. The van der Waals surface area contributed by atoms with Crippen molar-refractivity contribution >= 4 is 38.5 Å². The van der Waals surface area contributed by atoms with E-state index in [2.05, 4.69) is 31.8 Å². The predicted octanol–water partition coefficient (Wildman–Crippen LogP) is 3.46. The van der Waals surface area contributed by atoms with Gasteiger partial charge in [-0.25, -0.2) is 23.1 Å². The van der Waals surface area contributed by atoms with Gasteiger partial charge in [-0.05, 0) is 42.9 Å². The molecule has 0 unspecified atom stereocenters. The summed E-state index contributed by atoms with van der Waals surface area (Å²) in [5, 5.41) is 3.74. The van der Waals surface area contributed by atoms with Gasteiger partial charge in [0.1, 0.15) is 0 Å². The number of hydrogen-bond acceptors (Lipinski definition) is 7. The fourth-order valence-corrected chi connectivity index (χ4v) is 5.18. The molecule has 9 nitrogen and oxygen atoms in total. The number of likely N-dealkylation sites (N-methyl/N-ethyl adjacent to an activating group) is 1. The van der Waals surface area contributed by atoms with E-state index in [0.717, 1.165) is 41.7 Å². The second-order valence-electron chi connectivity index (χ2n) is 8.20. The van der Waals surface area contributed by atoms with Crippen molar-refractivity contribution in [3.8, 4) is 0 Å². The molecule has 0 bridgehead atoms. The minimum Gasteiger partial charge on any atom is -0.322 e. The number of carbonyl (C=O) groups excluding carboxylic acids is 1. The molecule has 4 aromatic rings. The standard InChI is InChI=1S/C25H24N6O3S/c1-2-31-15-12-22-20(16-31)23(19-6-3-4-7-21(19)29-22)24(32)28-17-8-10-18(11-9-17)35(33,34)30-25-26-13-5-14-27-25/h3-11,13-14H,2,12,15-16H2,1H3,(H,28,32)(H,26,27,30). The summed E-state index contributed by atoms with van der Waals surface area (Å²) >= 11 is 0. The fourth-order valence-electron chi connectivity index (χ4n) is 4.22. The number of pyridine rings is 1. The Bertz CT molecular complexity index is 1490. The summed E-state index contributed by atoms with van der Waals surface area (Å²) < 4.78 is 27.6. The van der Waals surface area contributed by atoms with Crippen LogP contribution in [-0.4, -0.2) is 47.3 Å². The lowest BCUT2D eigenvalue weighted by Gasteiger charge is -2.29. The number of carbonyl (C=O) groups is 1. The van der Waals surface area contributed by atoms with Crippen molar-refractivity contribution in [2.75, 3.05) is 23.1 Å². The lowest BCUT2D eigenvalue weighted by atomic mass is 9.95. The van der Waals surface area contributed by atoms with Crippen LogP contribution in [0, 0.1) is 0 Å². The highest BCUT2D eigenvalue weighted by Crippen LogP contribution is 2.29. The second-order valence-corrected chi connectivity index (χ2v) is 9.89. The van der Waals surface area contributed by atoms with Crippen LogP contribution in [-0.2, 0) is 23.0 Å². The Morgan fingerprint density at radius 1 is 1.03 bits per heavy atom. The van der Waals surface area contributed by atoms with Crippen LogP contribution in [0.4, 0.5) is 11.6 Å². The lowest BCUT2D eigenvalue weighted by molar-refractivity contribution is 0.102. The van der Waals surface area contributed by atoms with E-state index >= 15 is 0 Å². The molecule has 0 spiro atoms. The summed E-state index contributed by atoms with van der Waals surface area (Å²) in [7, 11) is -3.86. The third-order valence-electron chi connectivity index (χ3n) is 6.01. The zero-order chi connectivity index (χ0) is 24.4. The van der Waals surface area contributed by atoms with Crippen molar-refractivity contribution in [1.82, 2.24) is 19.9 Å². The molecule has 0 saturated heterocycles. The van der Waals surface area contributed by atoms with E-state index in [4.69, 9.17) is 4.98 Å². The highest BCUT2D eigenvalue weighted by Gasteiger charge is 2.25. The number of amides is 1. The highest BCUT2D eigenvalue weighted by atomic mass is 32.2. The average molecular weight is 489 g/mol. The Hall–Kier alpha value is -3.89. The third-order valence-corrected chi connectivity index (χ3v) is 7.36. The van der Waals surface area contributed by atoms with Gasteiger partial charge in [-0.2, -0.15) is 0 Å². The Balaban J connectivity index is 1.43. The normalized spacial score (nSPS) is 13.9. The number of para-hydroxylation sites is 1. The third kappa shape index (κ3) is 4.71. The predicted molar refractivity (Wildman–Crippen MR) is 134 cm³/mol. The molecule has 2 N–H and O–H groups in total. The Labute approximate surface area is 203 Å². The van der Waals surface area contributed by atoms with Crippen LogP contribution >= 0.6 is 0 Å². The van der Waals surface area contributed by atoms with Gasteiger partial charge in [0.25, 0.3) is 15.9 Å². The first-order valence-electron chi connectivity index (χ1n) is 11.3. The van der Waals surface area contributed by atoms with Gasteiger partial charge < -0.3 is 5.32 Å². The Kier molecular flexibility index (Phi) is 6.14. The van der Waals surface area contributed by atoms with Crippen molar-refractivity contribution in [3.05, 3.63) is 83.8 Å². The molecule has 178 valence electrons. The maximum absolute atomic E-state index is 13.5. The number of aromatic nitrogens is 3. The molecule has 0 atom stereocenters. The van der Waals surface area contributed by atoms with Crippen LogP contribution in [0.15, 0.2) is 71.9 Å². The number of rotatable bonds is 6. The van der Waals surface area contributed by atoms with Crippen LogP contribution in [0.5, 0.6) is 0 Å². The maximum atomic E-state index is 13.5. The number of anilines is 2. The van der Waals surface area contributed by atoms with Gasteiger partial charge in [0.15, 0.2) is 0 Å². The first-order valence-corrected chi connectivity index (χ1v) is 12.8. The maximum Gasteiger partial charge on any atom is 0.264 e. The molecule has 0 radical (unpaired) electrons. The Morgan fingerprint density at radius 2 is 1.77 bits per heavy atom. The van der Waals surface area contributed by atoms with Crippen molar-refractivity contribution in [2.45, 2.75) is 24.8 Å². The van der Waals surface area contributed by atoms with Crippen LogP contribution in [0.3, 0.4) is 0 Å². The minimum atomic E-state index is -3.86. The molecule has 1 aliphatic rings. The van der Waals surface area contributed by atoms with E-state index in [-0.39, 0.29) is 16.8 Å². The van der Waals surface area contributed by atoms with E-state index in [1.54, 1.807) is 18.2 Å². The van der Waals surface area contributed by atoms with Gasteiger partial charge in [0.05, 0.1) is 16.0 Å². The number of sulfonamides is 1. The average Bonchev–Trinajstić information content (AvgIpc) is 2.87.